The quantitative estimate of drug-likeness (QED) is 0.471. The molecule has 0 saturated carbocycles. The molecule has 0 aliphatic carbocycles. The Labute approximate surface area is 240 Å². The number of hydrogen-bond acceptors (Lipinski definition) is 6. The van der Waals surface area contributed by atoms with E-state index in [0.29, 0.717) is 48.6 Å². The molecule has 2 heterocycles. The largest absolute Gasteiger partial charge is 0.497 e. The van der Waals surface area contributed by atoms with Gasteiger partial charge in [-0.1, -0.05) is 30.3 Å². The molecule has 2 atom stereocenters. The van der Waals surface area contributed by atoms with Crippen LogP contribution in [-0.4, -0.2) is 73.2 Å². The summed E-state index contributed by atoms with van der Waals surface area (Å²) in [5.41, 5.74) is 0.952. The highest BCUT2D eigenvalue weighted by Gasteiger charge is 2.54. The molecule has 0 radical (unpaired) electrons. The molecule has 3 aromatic carbocycles. The van der Waals surface area contributed by atoms with Crippen molar-refractivity contribution in [3.8, 4) is 11.5 Å². The lowest BCUT2D eigenvalue weighted by Crippen LogP contribution is -2.60. The summed E-state index contributed by atoms with van der Waals surface area (Å²) in [5.74, 6) is 0.631. The molecule has 9 nitrogen and oxygen atoms in total. The van der Waals surface area contributed by atoms with Crippen molar-refractivity contribution in [2.45, 2.75) is 37.6 Å². The van der Waals surface area contributed by atoms with E-state index in [1.54, 1.807) is 72.6 Å². The summed E-state index contributed by atoms with van der Waals surface area (Å²) in [5, 5.41) is 3.06. The monoisotopic (exact) mass is 557 g/mol. The number of carbonyl (C=O) groups excluding carboxylic acids is 3. The SMILES string of the molecule is COc1ccc(C(=O)N2CCC3(CC2)OC[C@H](C(=O)N[C@@H](C)c2ccccc2)N3C(=O)c2ccc(OC)cc2)cc1. The van der Waals surface area contributed by atoms with Crippen molar-refractivity contribution in [1.82, 2.24) is 15.1 Å². The van der Waals surface area contributed by atoms with Crippen LogP contribution in [0.2, 0.25) is 0 Å². The maximum absolute atomic E-state index is 14.0. The first-order valence-electron chi connectivity index (χ1n) is 13.8. The lowest BCUT2D eigenvalue weighted by molar-refractivity contribution is -0.128. The van der Waals surface area contributed by atoms with E-state index in [9.17, 15) is 14.4 Å². The number of ether oxygens (including phenoxy) is 3. The normalized spacial score (nSPS) is 18.6. The molecule has 9 heteroatoms. The van der Waals surface area contributed by atoms with Crippen molar-refractivity contribution < 1.29 is 28.6 Å². The van der Waals surface area contributed by atoms with Gasteiger partial charge in [-0.25, -0.2) is 0 Å². The topological polar surface area (TPSA) is 97.4 Å². The van der Waals surface area contributed by atoms with Gasteiger partial charge in [0.2, 0.25) is 5.91 Å². The van der Waals surface area contributed by atoms with Crippen LogP contribution in [0.4, 0.5) is 0 Å². The molecule has 2 aliphatic heterocycles. The van der Waals surface area contributed by atoms with Gasteiger partial charge in [0, 0.05) is 37.1 Å². The van der Waals surface area contributed by atoms with Crippen molar-refractivity contribution in [3.05, 3.63) is 95.6 Å². The first-order chi connectivity index (χ1) is 19.8. The highest BCUT2D eigenvalue weighted by molar-refractivity contribution is 5.99. The van der Waals surface area contributed by atoms with E-state index in [1.807, 2.05) is 37.3 Å². The van der Waals surface area contributed by atoms with Crippen LogP contribution in [-0.2, 0) is 9.53 Å². The Kier molecular flexibility index (Phi) is 8.26. The predicted molar refractivity (Wildman–Crippen MR) is 153 cm³/mol. The molecular weight excluding hydrogens is 522 g/mol. The first-order valence-corrected chi connectivity index (χ1v) is 13.8. The van der Waals surface area contributed by atoms with Crippen molar-refractivity contribution >= 4 is 17.7 Å². The third kappa shape index (κ3) is 5.76. The standard InChI is InChI=1S/C32H35N3O6/c1-22(23-7-5-4-6-8-23)33-29(36)28-21-41-32(35(28)31(38)25-11-15-27(40-3)16-12-25)17-19-34(20-18-32)30(37)24-9-13-26(39-2)14-10-24/h4-16,22,28H,17-21H2,1-3H3,(H,33,36)/t22-,28+/m0/s1. The number of nitrogens with zero attached hydrogens (tertiary/aromatic N) is 2. The number of methoxy groups -OCH3 is 2. The van der Waals surface area contributed by atoms with E-state index in [1.165, 1.54) is 0 Å². The van der Waals surface area contributed by atoms with E-state index in [0.717, 1.165) is 5.56 Å². The predicted octanol–water partition coefficient (Wildman–Crippen LogP) is 4.05. The zero-order valence-electron chi connectivity index (χ0n) is 23.5. The summed E-state index contributed by atoms with van der Waals surface area (Å²) in [6.07, 6.45) is 0.767. The van der Waals surface area contributed by atoms with Gasteiger partial charge in [0.05, 0.1) is 26.9 Å². The van der Waals surface area contributed by atoms with Crippen molar-refractivity contribution in [3.63, 3.8) is 0 Å². The maximum Gasteiger partial charge on any atom is 0.256 e. The molecule has 2 saturated heterocycles. The van der Waals surface area contributed by atoms with Crippen LogP contribution >= 0.6 is 0 Å². The van der Waals surface area contributed by atoms with Gasteiger partial charge in [0.25, 0.3) is 11.8 Å². The van der Waals surface area contributed by atoms with Gasteiger partial charge in [0.1, 0.15) is 23.3 Å². The highest BCUT2D eigenvalue weighted by Crippen LogP contribution is 2.39. The number of rotatable bonds is 7. The molecule has 3 aromatic rings. The zero-order chi connectivity index (χ0) is 29.0. The van der Waals surface area contributed by atoms with Crippen molar-refractivity contribution in [2.24, 2.45) is 0 Å². The Balaban J connectivity index is 1.37. The van der Waals surface area contributed by atoms with Gasteiger partial charge < -0.3 is 24.4 Å². The number of carbonyl (C=O) groups is 3. The smallest absolute Gasteiger partial charge is 0.256 e. The van der Waals surface area contributed by atoms with Crippen LogP contribution in [0, 0.1) is 0 Å². The van der Waals surface area contributed by atoms with Crippen LogP contribution in [0.15, 0.2) is 78.9 Å². The average Bonchev–Trinajstić information content (AvgIpc) is 3.39. The minimum Gasteiger partial charge on any atom is -0.497 e. The van der Waals surface area contributed by atoms with Gasteiger partial charge in [-0.3, -0.25) is 19.3 Å². The molecule has 2 aliphatic rings. The number of amides is 3. The van der Waals surface area contributed by atoms with Gasteiger partial charge in [0.15, 0.2) is 0 Å². The van der Waals surface area contributed by atoms with Crippen LogP contribution in [0.25, 0.3) is 0 Å². The van der Waals surface area contributed by atoms with Gasteiger partial charge in [-0.2, -0.15) is 0 Å². The fourth-order valence-corrected chi connectivity index (χ4v) is 5.55. The summed E-state index contributed by atoms with van der Waals surface area (Å²) < 4.78 is 16.8. The van der Waals surface area contributed by atoms with E-state index in [4.69, 9.17) is 14.2 Å². The molecular formula is C32H35N3O6. The molecule has 1 spiro atoms. The van der Waals surface area contributed by atoms with Crippen LogP contribution < -0.4 is 14.8 Å². The van der Waals surface area contributed by atoms with Crippen molar-refractivity contribution in [1.29, 1.82) is 0 Å². The number of nitrogens with one attached hydrogen (secondary N) is 1. The second-order valence-electron chi connectivity index (χ2n) is 10.3. The Hall–Kier alpha value is -4.37. The number of piperidine rings is 1. The molecule has 2 fully saturated rings. The summed E-state index contributed by atoms with van der Waals surface area (Å²) in [6, 6.07) is 22.4. The Morgan fingerprint density at radius 1 is 0.829 bits per heavy atom. The van der Waals surface area contributed by atoms with Crippen LogP contribution in [0.1, 0.15) is 52.1 Å². The van der Waals surface area contributed by atoms with E-state index in [-0.39, 0.29) is 30.4 Å². The van der Waals surface area contributed by atoms with Gasteiger partial charge in [-0.05, 0) is 61.0 Å². The second kappa shape index (κ2) is 12.0. The Morgan fingerprint density at radius 3 is 1.90 bits per heavy atom. The summed E-state index contributed by atoms with van der Waals surface area (Å²) in [7, 11) is 3.15. The third-order valence-corrected chi connectivity index (χ3v) is 7.95. The van der Waals surface area contributed by atoms with Gasteiger partial charge in [-0.15, -0.1) is 0 Å². The lowest BCUT2D eigenvalue weighted by atomic mass is 9.96. The summed E-state index contributed by atoms with van der Waals surface area (Å²) >= 11 is 0. The van der Waals surface area contributed by atoms with E-state index in [2.05, 4.69) is 5.32 Å². The van der Waals surface area contributed by atoms with E-state index >= 15 is 0 Å². The lowest BCUT2D eigenvalue weighted by Gasteiger charge is -2.44. The molecule has 0 bridgehead atoms. The van der Waals surface area contributed by atoms with Crippen molar-refractivity contribution in [2.75, 3.05) is 33.9 Å². The number of benzene rings is 3. The fraction of sp³-hybridized carbons (Fsp3) is 0.344. The maximum atomic E-state index is 14.0. The summed E-state index contributed by atoms with van der Waals surface area (Å²) in [6.45, 7) is 2.75. The minimum atomic E-state index is -1.01. The highest BCUT2D eigenvalue weighted by atomic mass is 16.5. The molecule has 5 rings (SSSR count). The molecule has 214 valence electrons. The number of hydrogen-bond donors (Lipinski definition) is 1. The minimum absolute atomic E-state index is 0.0711. The third-order valence-electron chi connectivity index (χ3n) is 7.95. The van der Waals surface area contributed by atoms with Crippen LogP contribution in [0.5, 0.6) is 11.5 Å². The van der Waals surface area contributed by atoms with Gasteiger partial charge >= 0.3 is 0 Å². The molecule has 41 heavy (non-hydrogen) atoms. The Bertz CT molecular complexity index is 1370. The average molecular weight is 558 g/mol. The molecule has 0 unspecified atom stereocenters. The second-order valence-corrected chi connectivity index (χ2v) is 10.3. The van der Waals surface area contributed by atoms with Crippen LogP contribution in [0.3, 0.4) is 0 Å². The summed E-state index contributed by atoms with van der Waals surface area (Å²) in [4.78, 5) is 44.2. The van der Waals surface area contributed by atoms with E-state index < -0.39 is 11.8 Å². The fourth-order valence-electron chi connectivity index (χ4n) is 5.55. The molecule has 3 amide bonds. The zero-order valence-corrected chi connectivity index (χ0v) is 23.5. The Morgan fingerprint density at radius 2 is 1.37 bits per heavy atom. The first kappa shape index (κ1) is 28.2. The molecule has 0 aromatic heterocycles. The number of likely N-dealkylation sites (tertiary alicyclic amines) is 1. The molecule has 1 N–H and O–H groups in total.